The van der Waals surface area contributed by atoms with Crippen molar-refractivity contribution in [3.05, 3.63) is 46.4 Å². The molecule has 0 saturated carbocycles. The Morgan fingerprint density at radius 1 is 1.43 bits per heavy atom. The molecule has 0 unspecified atom stereocenters. The normalized spacial score (nSPS) is 10.8. The number of methoxy groups -OCH3 is 1. The van der Waals surface area contributed by atoms with Crippen LogP contribution >= 0.6 is 27.7 Å². The number of carbonyl (C=O) groups is 1. The maximum absolute atomic E-state index is 12.8. The van der Waals surface area contributed by atoms with E-state index in [1.54, 1.807) is 30.1 Å². The largest absolute Gasteiger partial charge is 0.383 e. The smallest absolute Gasteiger partial charge is 0.192 e. The summed E-state index contributed by atoms with van der Waals surface area (Å²) in [5, 5.41) is 4.15. The van der Waals surface area contributed by atoms with Gasteiger partial charge >= 0.3 is 0 Å². The SMILES string of the molecule is COCCn1ncc(Br)c1C(=O)CSc1ccc(F)cc1. The molecular weight excluding hydrogens is 359 g/mol. The van der Waals surface area contributed by atoms with E-state index >= 15 is 0 Å². The third-order valence-corrected chi connectivity index (χ3v) is 4.34. The summed E-state index contributed by atoms with van der Waals surface area (Å²) in [6.07, 6.45) is 1.60. The summed E-state index contributed by atoms with van der Waals surface area (Å²) in [6, 6.07) is 6.08. The van der Waals surface area contributed by atoms with Gasteiger partial charge in [-0.25, -0.2) is 4.39 Å². The van der Waals surface area contributed by atoms with Crippen molar-refractivity contribution in [2.45, 2.75) is 11.4 Å². The van der Waals surface area contributed by atoms with Crippen LogP contribution in [-0.4, -0.2) is 35.0 Å². The Kier molecular flexibility index (Phi) is 5.96. The van der Waals surface area contributed by atoms with E-state index in [4.69, 9.17) is 4.74 Å². The van der Waals surface area contributed by atoms with Gasteiger partial charge in [0.05, 0.1) is 29.6 Å². The minimum Gasteiger partial charge on any atom is -0.383 e. The van der Waals surface area contributed by atoms with Crippen LogP contribution in [0.25, 0.3) is 0 Å². The average molecular weight is 373 g/mol. The molecule has 0 aliphatic heterocycles. The molecule has 0 aliphatic carbocycles. The molecule has 4 nitrogen and oxygen atoms in total. The van der Waals surface area contributed by atoms with Crippen molar-refractivity contribution in [2.24, 2.45) is 0 Å². The van der Waals surface area contributed by atoms with Crippen LogP contribution in [-0.2, 0) is 11.3 Å². The Bertz CT molecular complexity index is 616. The standard InChI is InChI=1S/C14H14BrFN2O2S/c1-20-7-6-18-14(12(15)8-17-18)13(19)9-21-11-4-2-10(16)3-5-11/h2-5,8H,6-7,9H2,1H3. The molecule has 0 fully saturated rings. The first-order valence-electron chi connectivity index (χ1n) is 6.23. The van der Waals surface area contributed by atoms with Gasteiger partial charge in [0.25, 0.3) is 0 Å². The number of Topliss-reactive ketones (excluding diaryl/α,β-unsaturated/α-hetero) is 1. The molecule has 2 rings (SSSR count). The summed E-state index contributed by atoms with van der Waals surface area (Å²) >= 11 is 4.71. The van der Waals surface area contributed by atoms with E-state index in [0.29, 0.717) is 23.3 Å². The van der Waals surface area contributed by atoms with Crippen molar-refractivity contribution in [3.63, 3.8) is 0 Å². The van der Waals surface area contributed by atoms with Crippen molar-refractivity contribution in [3.8, 4) is 0 Å². The molecule has 112 valence electrons. The Morgan fingerprint density at radius 2 is 2.14 bits per heavy atom. The second kappa shape index (κ2) is 7.72. The lowest BCUT2D eigenvalue weighted by atomic mass is 10.3. The lowest BCUT2D eigenvalue weighted by Crippen LogP contribution is -2.15. The van der Waals surface area contributed by atoms with E-state index < -0.39 is 0 Å². The maximum atomic E-state index is 12.8. The number of halogens is 2. The molecule has 1 aromatic carbocycles. The zero-order chi connectivity index (χ0) is 15.2. The number of benzene rings is 1. The minimum absolute atomic E-state index is 0.0372. The minimum atomic E-state index is -0.286. The molecule has 1 heterocycles. The molecule has 0 aliphatic rings. The highest BCUT2D eigenvalue weighted by atomic mass is 79.9. The number of ether oxygens (including phenoxy) is 1. The van der Waals surface area contributed by atoms with Gasteiger partial charge in [-0.3, -0.25) is 9.48 Å². The average Bonchev–Trinajstić information content (AvgIpc) is 2.85. The van der Waals surface area contributed by atoms with Crippen molar-refractivity contribution in [1.82, 2.24) is 9.78 Å². The van der Waals surface area contributed by atoms with Gasteiger partial charge in [0, 0.05) is 12.0 Å². The summed E-state index contributed by atoms with van der Waals surface area (Å²) in [5.41, 5.74) is 0.529. The number of rotatable bonds is 7. The van der Waals surface area contributed by atoms with Gasteiger partial charge in [-0.2, -0.15) is 5.10 Å². The van der Waals surface area contributed by atoms with Gasteiger partial charge in [0.1, 0.15) is 11.5 Å². The van der Waals surface area contributed by atoms with E-state index in [2.05, 4.69) is 21.0 Å². The van der Waals surface area contributed by atoms with Gasteiger partial charge in [0.15, 0.2) is 5.78 Å². The molecule has 0 N–H and O–H groups in total. The summed E-state index contributed by atoms with van der Waals surface area (Å²) in [5.74, 6) is -0.0565. The number of hydrogen-bond acceptors (Lipinski definition) is 4. The molecule has 7 heteroatoms. The number of aromatic nitrogens is 2. The number of thioether (sulfide) groups is 1. The maximum Gasteiger partial charge on any atom is 0.192 e. The van der Waals surface area contributed by atoms with Gasteiger partial charge < -0.3 is 4.74 Å². The molecule has 0 radical (unpaired) electrons. The molecule has 2 aromatic rings. The summed E-state index contributed by atoms with van der Waals surface area (Å²) in [4.78, 5) is 13.2. The first kappa shape index (κ1) is 16.2. The predicted molar refractivity (Wildman–Crippen MR) is 83.3 cm³/mol. The Hall–Kier alpha value is -1.18. The van der Waals surface area contributed by atoms with Gasteiger partial charge in [-0.1, -0.05) is 0 Å². The third kappa shape index (κ3) is 4.39. The molecule has 0 atom stereocenters. The van der Waals surface area contributed by atoms with Crippen molar-refractivity contribution >= 4 is 33.5 Å². The van der Waals surface area contributed by atoms with Crippen LogP contribution in [0.4, 0.5) is 4.39 Å². The highest BCUT2D eigenvalue weighted by Gasteiger charge is 2.17. The molecule has 1 aromatic heterocycles. The zero-order valence-electron chi connectivity index (χ0n) is 11.4. The highest BCUT2D eigenvalue weighted by molar-refractivity contribution is 9.10. The quantitative estimate of drug-likeness (QED) is 0.551. The fourth-order valence-corrected chi connectivity index (χ4v) is 3.02. The molecule has 0 spiro atoms. The second-order valence-electron chi connectivity index (χ2n) is 4.22. The van der Waals surface area contributed by atoms with Gasteiger partial charge in [-0.05, 0) is 40.2 Å². The number of carbonyl (C=O) groups excluding carboxylic acids is 1. The van der Waals surface area contributed by atoms with E-state index in [9.17, 15) is 9.18 Å². The Balaban J connectivity index is 2.02. The second-order valence-corrected chi connectivity index (χ2v) is 6.13. The van der Waals surface area contributed by atoms with E-state index in [0.717, 1.165) is 4.90 Å². The lowest BCUT2D eigenvalue weighted by molar-refractivity contribution is 0.100. The topological polar surface area (TPSA) is 44.1 Å². The van der Waals surface area contributed by atoms with E-state index in [-0.39, 0.29) is 17.4 Å². The van der Waals surface area contributed by atoms with Gasteiger partial charge in [0.2, 0.25) is 0 Å². The Labute approximate surface area is 134 Å². The highest BCUT2D eigenvalue weighted by Crippen LogP contribution is 2.22. The Morgan fingerprint density at radius 3 is 2.81 bits per heavy atom. The van der Waals surface area contributed by atoms with Crippen molar-refractivity contribution < 1.29 is 13.9 Å². The van der Waals surface area contributed by atoms with Crippen LogP contribution in [0, 0.1) is 5.82 Å². The van der Waals surface area contributed by atoms with E-state index in [1.807, 2.05) is 0 Å². The monoisotopic (exact) mass is 372 g/mol. The summed E-state index contributed by atoms with van der Waals surface area (Å²) in [7, 11) is 1.60. The predicted octanol–water partition coefficient (Wildman–Crippen LogP) is 3.41. The fraction of sp³-hybridized carbons (Fsp3) is 0.286. The molecule has 0 amide bonds. The van der Waals surface area contributed by atoms with Crippen LogP contribution in [0.1, 0.15) is 10.5 Å². The number of ketones is 1. The first-order valence-corrected chi connectivity index (χ1v) is 8.01. The van der Waals surface area contributed by atoms with Gasteiger partial charge in [-0.15, -0.1) is 11.8 Å². The van der Waals surface area contributed by atoms with E-state index in [1.165, 1.54) is 23.9 Å². The van der Waals surface area contributed by atoms with Crippen molar-refractivity contribution in [1.29, 1.82) is 0 Å². The number of hydrogen-bond donors (Lipinski definition) is 0. The lowest BCUT2D eigenvalue weighted by Gasteiger charge is -2.07. The van der Waals surface area contributed by atoms with Crippen molar-refractivity contribution in [2.75, 3.05) is 19.5 Å². The molecular formula is C14H14BrFN2O2S. The van der Waals surface area contributed by atoms with Crippen LogP contribution in [0.2, 0.25) is 0 Å². The van der Waals surface area contributed by atoms with Crippen LogP contribution in [0.5, 0.6) is 0 Å². The zero-order valence-corrected chi connectivity index (χ0v) is 13.8. The number of nitrogens with zero attached hydrogens (tertiary/aromatic N) is 2. The van der Waals surface area contributed by atoms with Crippen LogP contribution in [0.15, 0.2) is 39.8 Å². The third-order valence-electron chi connectivity index (χ3n) is 2.75. The summed E-state index contributed by atoms with van der Waals surface area (Å²) < 4.78 is 20.1. The van der Waals surface area contributed by atoms with Crippen LogP contribution < -0.4 is 0 Å². The molecule has 21 heavy (non-hydrogen) atoms. The molecule has 0 bridgehead atoms. The van der Waals surface area contributed by atoms with Crippen LogP contribution in [0.3, 0.4) is 0 Å². The first-order chi connectivity index (χ1) is 10.1. The molecule has 0 saturated heterocycles. The fourth-order valence-electron chi connectivity index (χ4n) is 1.74. The summed E-state index contributed by atoms with van der Waals surface area (Å²) in [6.45, 7) is 1.00.